The predicted molar refractivity (Wildman–Crippen MR) is 76.3 cm³/mol. The summed E-state index contributed by atoms with van der Waals surface area (Å²) in [5, 5.41) is 0. The zero-order valence-electron chi connectivity index (χ0n) is 12.4. The van der Waals surface area contributed by atoms with Crippen molar-refractivity contribution in [1.82, 2.24) is 9.21 Å². The molecule has 0 saturated carbocycles. The maximum atomic E-state index is 12.2. The van der Waals surface area contributed by atoms with Crippen LogP contribution in [0.25, 0.3) is 0 Å². The molecule has 0 aliphatic carbocycles. The van der Waals surface area contributed by atoms with Gasteiger partial charge >= 0.3 is 0 Å². The number of carbonyl (C=O) groups is 1. The highest BCUT2D eigenvalue weighted by Gasteiger charge is 2.31. The van der Waals surface area contributed by atoms with Crippen molar-refractivity contribution in [3.8, 4) is 0 Å². The zero-order chi connectivity index (χ0) is 14.6. The first kappa shape index (κ1) is 16.4. The molecule has 1 aliphatic rings. The molecule has 0 bridgehead atoms. The average Bonchev–Trinajstić information content (AvgIpc) is 2.28. The Morgan fingerprint density at radius 1 is 1.26 bits per heavy atom. The fraction of sp³-hybridized carbons (Fsp3) is 0.923. The SMILES string of the molecule is CCN(CC)S(=O)(=O)CC(=O)N1CC[C@H](C)C[C@H]1C. The first-order valence-electron chi connectivity index (χ1n) is 7.09. The molecule has 0 N–H and O–H groups in total. The lowest BCUT2D eigenvalue weighted by atomic mass is 9.93. The lowest BCUT2D eigenvalue weighted by Crippen LogP contribution is -2.48. The summed E-state index contributed by atoms with van der Waals surface area (Å²) < 4.78 is 25.5. The van der Waals surface area contributed by atoms with Gasteiger partial charge in [0.2, 0.25) is 15.9 Å². The summed E-state index contributed by atoms with van der Waals surface area (Å²) in [5.41, 5.74) is 0. The molecule has 0 aromatic heterocycles. The molecule has 1 amide bonds. The van der Waals surface area contributed by atoms with Crippen LogP contribution in [-0.2, 0) is 14.8 Å². The van der Waals surface area contributed by atoms with E-state index in [9.17, 15) is 13.2 Å². The van der Waals surface area contributed by atoms with Crippen molar-refractivity contribution < 1.29 is 13.2 Å². The Morgan fingerprint density at radius 2 is 1.84 bits per heavy atom. The summed E-state index contributed by atoms with van der Waals surface area (Å²) in [4.78, 5) is 13.9. The minimum atomic E-state index is -3.47. The number of piperidine rings is 1. The number of hydrogen-bond donors (Lipinski definition) is 0. The van der Waals surface area contributed by atoms with Gasteiger partial charge in [-0.15, -0.1) is 0 Å². The lowest BCUT2D eigenvalue weighted by Gasteiger charge is -2.36. The third-order valence-electron chi connectivity index (χ3n) is 3.86. The molecule has 1 saturated heterocycles. The number of nitrogens with zero attached hydrogens (tertiary/aromatic N) is 2. The molecule has 0 aromatic rings. The van der Waals surface area contributed by atoms with Crippen LogP contribution in [0, 0.1) is 5.92 Å². The summed E-state index contributed by atoms with van der Waals surface area (Å²) in [7, 11) is -3.47. The van der Waals surface area contributed by atoms with Gasteiger partial charge in [-0.3, -0.25) is 4.79 Å². The molecular weight excluding hydrogens is 264 g/mol. The van der Waals surface area contributed by atoms with Gasteiger partial charge in [-0.2, -0.15) is 0 Å². The molecular formula is C13H26N2O3S. The zero-order valence-corrected chi connectivity index (χ0v) is 13.2. The second-order valence-corrected chi connectivity index (χ2v) is 7.38. The van der Waals surface area contributed by atoms with E-state index >= 15 is 0 Å². The van der Waals surface area contributed by atoms with Crippen LogP contribution in [0.5, 0.6) is 0 Å². The van der Waals surface area contributed by atoms with Gasteiger partial charge in [-0.1, -0.05) is 20.8 Å². The van der Waals surface area contributed by atoms with Gasteiger partial charge in [-0.25, -0.2) is 12.7 Å². The molecule has 112 valence electrons. The maximum absolute atomic E-state index is 12.2. The molecule has 1 aliphatic heterocycles. The van der Waals surface area contributed by atoms with Crippen LogP contribution in [0.4, 0.5) is 0 Å². The summed E-state index contributed by atoms with van der Waals surface area (Å²) in [5.74, 6) is -0.0438. The molecule has 0 aromatic carbocycles. The Bertz CT molecular complexity index is 404. The van der Waals surface area contributed by atoms with E-state index < -0.39 is 15.8 Å². The largest absolute Gasteiger partial charge is 0.339 e. The fourth-order valence-electron chi connectivity index (χ4n) is 2.73. The Kier molecular flexibility index (Phi) is 5.80. The van der Waals surface area contributed by atoms with Crippen LogP contribution < -0.4 is 0 Å². The average molecular weight is 290 g/mol. The highest BCUT2D eigenvalue weighted by Crippen LogP contribution is 2.22. The van der Waals surface area contributed by atoms with Crippen molar-refractivity contribution in [3.05, 3.63) is 0 Å². The first-order valence-corrected chi connectivity index (χ1v) is 8.70. The van der Waals surface area contributed by atoms with E-state index in [0.717, 1.165) is 12.8 Å². The van der Waals surface area contributed by atoms with Crippen LogP contribution in [0.3, 0.4) is 0 Å². The van der Waals surface area contributed by atoms with Crippen molar-refractivity contribution in [2.24, 2.45) is 5.92 Å². The van der Waals surface area contributed by atoms with Crippen LogP contribution in [0.2, 0.25) is 0 Å². The van der Waals surface area contributed by atoms with Crippen molar-refractivity contribution in [3.63, 3.8) is 0 Å². The number of carbonyl (C=O) groups excluding carboxylic acids is 1. The Balaban J connectivity index is 2.69. The van der Waals surface area contributed by atoms with E-state index in [1.54, 1.807) is 18.7 Å². The lowest BCUT2D eigenvalue weighted by molar-refractivity contribution is -0.132. The highest BCUT2D eigenvalue weighted by molar-refractivity contribution is 7.89. The second kappa shape index (κ2) is 6.70. The molecule has 0 spiro atoms. The van der Waals surface area contributed by atoms with E-state index in [0.29, 0.717) is 25.6 Å². The van der Waals surface area contributed by atoms with Gasteiger partial charge in [0, 0.05) is 25.7 Å². The molecule has 1 heterocycles. The van der Waals surface area contributed by atoms with E-state index in [1.165, 1.54) is 4.31 Å². The summed E-state index contributed by atoms with van der Waals surface area (Å²) in [6.45, 7) is 9.25. The molecule has 0 unspecified atom stereocenters. The van der Waals surface area contributed by atoms with Gasteiger partial charge in [0.15, 0.2) is 0 Å². The van der Waals surface area contributed by atoms with Crippen LogP contribution in [0.15, 0.2) is 0 Å². The van der Waals surface area contributed by atoms with Gasteiger partial charge in [0.25, 0.3) is 0 Å². The fourth-order valence-corrected chi connectivity index (χ4v) is 4.17. The van der Waals surface area contributed by atoms with Crippen molar-refractivity contribution in [2.75, 3.05) is 25.4 Å². The Hall–Kier alpha value is -0.620. The third kappa shape index (κ3) is 4.18. The summed E-state index contributed by atoms with van der Waals surface area (Å²) in [6, 6.07) is 0.142. The first-order chi connectivity index (χ1) is 8.81. The smallest absolute Gasteiger partial charge is 0.239 e. The topological polar surface area (TPSA) is 57.7 Å². The molecule has 19 heavy (non-hydrogen) atoms. The number of hydrogen-bond acceptors (Lipinski definition) is 3. The van der Waals surface area contributed by atoms with Crippen LogP contribution >= 0.6 is 0 Å². The van der Waals surface area contributed by atoms with E-state index in [4.69, 9.17) is 0 Å². The third-order valence-corrected chi connectivity index (χ3v) is 5.78. The Morgan fingerprint density at radius 3 is 2.32 bits per heavy atom. The highest BCUT2D eigenvalue weighted by atomic mass is 32.2. The molecule has 6 heteroatoms. The van der Waals surface area contributed by atoms with Crippen molar-refractivity contribution >= 4 is 15.9 Å². The van der Waals surface area contributed by atoms with Gasteiger partial charge in [-0.05, 0) is 25.7 Å². The van der Waals surface area contributed by atoms with E-state index in [-0.39, 0.29) is 11.9 Å². The minimum Gasteiger partial charge on any atom is -0.339 e. The van der Waals surface area contributed by atoms with E-state index in [2.05, 4.69) is 6.92 Å². The quantitative estimate of drug-likeness (QED) is 0.767. The predicted octanol–water partition coefficient (Wildman–Crippen LogP) is 1.30. The summed E-state index contributed by atoms with van der Waals surface area (Å²) >= 11 is 0. The van der Waals surface area contributed by atoms with Crippen LogP contribution in [-0.4, -0.2) is 55.0 Å². The normalized spacial score (nSPS) is 24.8. The van der Waals surface area contributed by atoms with Gasteiger partial charge in [0.05, 0.1) is 0 Å². The molecule has 5 nitrogen and oxygen atoms in total. The minimum absolute atomic E-state index is 0.142. The number of sulfonamides is 1. The van der Waals surface area contributed by atoms with Gasteiger partial charge < -0.3 is 4.90 Å². The van der Waals surface area contributed by atoms with Gasteiger partial charge in [0.1, 0.15) is 5.75 Å². The monoisotopic (exact) mass is 290 g/mol. The standard InChI is InChI=1S/C13H26N2O3S/c1-5-14(6-2)19(17,18)10-13(16)15-8-7-11(3)9-12(15)4/h11-12H,5-10H2,1-4H3/t11-,12+/m0/s1. The maximum Gasteiger partial charge on any atom is 0.239 e. The van der Waals surface area contributed by atoms with Crippen LogP contribution in [0.1, 0.15) is 40.5 Å². The van der Waals surface area contributed by atoms with Crippen molar-refractivity contribution in [2.45, 2.75) is 46.6 Å². The molecule has 0 radical (unpaired) electrons. The molecule has 1 rings (SSSR count). The summed E-state index contributed by atoms with van der Waals surface area (Å²) in [6.07, 6.45) is 1.92. The Labute approximate surface area is 117 Å². The van der Waals surface area contributed by atoms with Crippen molar-refractivity contribution in [1.29, 1.82) is 0 Å². The number of amides is 1. The second-order valence-electron chi connectivity index (χ2n) is 5.41. The molecule has 1 fully saturated rings. The molecule has 2 atom stereocenters. The van der Waals surface area contributed by atoms with E-state index in [1.807, 2.05) is 6.92 Å². The number of likely N-dealkylation sites (tertiary alicyclic amines) is 1. The number of rotatable bonds is 5.